The second-order valence-corrected chi connectivity index (χ2v) is 9.19. The van der Waals surface area contributed by atoms with Crippen LogP contribution in [0.3, 0.4) is 0 Å². The van der Waals surface area contributed by atoms with Crippen molar-refractivity contribution >= 4 is 62.9 Å². The van der Waals surface area contributed by atoms with E-state index in [0.29, 0.717) is 22.6 Å². The van der Waals surface area contributed by atoms with E-state index >= 15 is 0 Å². The summed E-state index contributed by atoms with van der Waals surface area (Å²) in [6, 6.07) is 19.6. The number of aryl methyl sites for hydroxylation is 1. The van der Waals surface area contributed by atoms with Gasteiger partial charge in [0.2, 0.25) is 0 Å². The maximum absolute atomic E-state index is 13.8. The summed E-state index contributed by atoms with van der Waals surface area (Å²) in [6.07, 6.45) is 2.45. The molecule has 3 rings (SSSR count). The van der Waals surface area contributed by atoms with Crippen LogP contribution in [-0.2, 0) is 17.8 Å². The zero-order chi connectivity index (χ0) is 23.1. The molecule has 7 heteroatoms. The van der Waals surface area contributed by atoms with Crippen LogP contribution < -0.4 is 10.1 Å². The number of hydrogen-bond acceptors (Lipinski definition) is 3. The lowest BCUT2D eigenvalue weighted by atomic mass is 10.1. The van der Waals surface area contributed by atoms with Gasteiger partial charge in [0, 0.05) is 11.3 Å². The monoisotopic (exact) mass is 652 g/mol. The highest BCUT2D eigenvalue weighted by atomic mass is 127. The SMILES string of the molecule is CCc1ccc(NC(=O)/C(C#N)=C/c2cc(I)c(OCc3ccccc3F)c(I)c2)cc1. The Kier molecular flexibility index (Phi) is 8.64. The van der Waals surface area contributed by atoms with Crippen LogP contribution in [0.1, 0.15) is 23.6 Å². The van der Waals surface area contributed by atoms with Gasteiger partial charge in [-0.05, 0) is 99.1 Å². The molecule has 0 bridgehead atoms. The zero-order valence-corrected chi connectivity index (χ0v) is 21.5. The number of nitrogens with one attached hydrogen (secondary N) is 1. The molecule has 3 aromatic carbocycles. The lowest BCUT2D eigenvalue weighted by Crippen LogP contribution is -2.13. The number of rotatable bonds is 7. The quantitative estimate of drug-likeness (QED) is 0.175. The maximum atomic E-state index is 13.8. The lowest BCUT2D eigenvalue weighted by Gasteiger charge is -2.12. The number of amides is 1. The third kappa shape index (κ3) is 6.29. The first kappa shape index (κ1) is 24.2. The van der Waals surface area contributed by atoms with Gasteiger partial charge in [-0.15, -0.1) is 0 Å². The van der Waals surface area contributed by atoms with Gasteiger partial charge in [-0.2, -0.15) is 5.26 Å². The van der Waals surface area contributed by atoms with Gasteiger partial charge in [0.25, 0.3) is 5.91 Å². The average Bonchev–Trinajstić information content (AvgIpc) is 2.78. The number of halogens is 3. The van der Waals surface area contributed by atoms with E-state index in [1.54, 1.807) is 24.3 Å². The minimum atomic E-state index is -0.471. The van der Waals surface area contributed by atoms with Crippen molar-refractivity contribution in [1.82, 2.24) is 0 Å². The van der Waals surface area contributed by atoms with Gasteiger partial charge in [-0.3, -0.25) is 4.79 Å². The minimum absolute atomic E-state index is 0.00352. The van der Waals surface area contributed by atoms with Gasteiger partial charge in [-0.1, -0.05) is 37.3 Å². The first-order chi connectivity index (χ1) is 15.4. The molecule has 0 saturated carbocycles. The van der Waals surface area contributed by atoms with E-state index < -0.39 is 5.91 Å². The minimum Gasteiger partial charge on any atom is -0.487 e. The van der Waals surface area contributed by atoms with Crippen LogP contribution in [0.2, 0.25) is 0 Å². The standard InChI is InChI=1S/C25H19FI2N2O2/c1-2-16-7-9-20(10-8-16)30-25(31)19(14-29)11-17-12-22(27)24(23(28)13-17)32-15-18-5-3-4-6-21(18)26/h3-13H,2,15H2,1H3,(H,30,31)/b19-11+. The summed E-state index contributed by atoms with van der Waals surface area (Å²) in [4.78, 5) is 12.6. The van der Waals surface area contributed by atoms with E-state index in [9.17, 15) is 14.4 Å². The smallest absolute Gasteiger partial charge is 0.266 e. The van der Waals surface area contributed by atoms with E-state index in [4.69, 9.17) is 4.74 Å². The molecule has 0 spiro atoms. The van der Waals surface area contributed by atoms with Gasteiger partial charge in [0.05, 0.1) is 7.14 Å². The van der Waals surface area contributed by atoms with Crippen LogP contribution in [0.15, 0.2) is 66.2 Å². The highest BCUT2D eigenvalue weighted by Crippen LogP contribution is 2.31. The van der Waals surface area contributed by atoms with Crippen molar-refractivity contribution in [3.63, 3.8) is 0 Å². The normalized spacial score (nSPS) is 11.0. The average molecular weight is 652 g/mol. The van der Waals surface area contributed by atoms with Crippen molar-refractivity contribution in [3.05, 3.63) is 95.9 Å². The predicted octanol–water partition coefficient (Wildman–Crippen LogP) is 6.72. The summed E-state index contributed by atoms with van der Waals surface area (Å²) < 4.78 is 21.3. The van der Waals surface area contributed by atoms with Crippen molar-refractivity contribution in [2.75, 3.05) is 5.32 Å². The number of nitriles is 1. The maximum Gasteiger partial charge on any atom is 0.266 e. The van der Waals surface area contributed by atoms with Gasteiger partial charge >= 0.3 is 0 Å². The first-order valence-electron chi connectivity index (χ1n) is 9.78. The Balaban J connectivity index is 1.76. The summed E-state index contributed by atoms with van der Waals surface area (Å²) in [5, 5.41) is 12.3. The molecule has 0 aromatic heterocycles. The molecule has 0 unspecified atom stereocenters. The summed E-state index contributed by atoms with van der Waals surface area (Å²) in [6.45, 7) is 2.17. The third-order valence-electron chi connectivity index (χ3n) is 4.65. The Hall–Kier alpha value is -2.45. The van der Waals surface area contributed by atoms with Crippen LogP contribution >= 0.6 is 45.2 Å². The van der Waals surface area contributed by atoms with Gasteiger partial charge in [0.15, 0.2) is 0 Å². The lowest BCUT2D eigenvalue weighted by molar-refractivity contribution is -0.112. The number of carbonyl (C=O) groups is 1. The first-order valence-corrected chi connectivity index (χ1v) is 11.9. The molecule has 4 nitrogen and oxygen atoms in total. The van der Waals surface area contributed by atoms with Crippen LogP contribution in [0, 0.1) is 24.3 Å². The van der Waals surface area contributed by atoms with E-state index in [0.717, 1.165) is 13.6 Å². The zero-order valence-electron chi connectivity index (χ0n) is 17.2. The molecule has 0 aliphatic carbocycles. The Morgan fingerprint density at radius 2 is 1.78 bits per heavy atom. The molecule has 0 aliphatic heterocycles. The number of anilines is 1. The van der Waals surface area contributed by atoms with Crippen molar-refractivity contribution < 1.29 is 13.9 Å². The van der Waals surface area contributed by atoms with E-state index in [1.807, 2.05) is 42.5 Å². The second-order valence-electron chi connectivity index (χ2n) is 6.87. The highest BCUT2D eigenvalue weighted by molar-refractivity contribution is 14.1. The van der Waals surface area contributed by atoms with Crippen molar-refractivity contribution in [1.29, 1.82) is 5.26 Å². The fraction of sp³-hybridized carbons (Fsp3) is 0.120. The number of hydrogen-bond donors (Lipinski definition) is 1. The number of carbonyl (C=O) groups excluding carboxylic acids is 1. The van der Waals surface area contributed by atoms with Crippen LogP contribution in [0.5, 0.6) is 5.75 Å². The highest BCUT2D eigenvalue weighted by Gasteiger charge is 2.13. The topological polar surface area (TPSA) is 62.1 Å². The Morgan fingerprint density at radius 1 is 1.12 bits per heavy atom. The Morgan fingerprint density at radius 3 is 2.38 bits per heavy atom. The second kappa shape index (κ2) is 11.4. The molecule has 32 heavy (non-hydrogen) atoms. The fourth-order valence-electron chi connectivity index (χ4n) is 2.90. The van der Waals surface area contributed by atoms with Crippen molar-refractivity contribution in [2.45, 2.75) is 20.0 Å². The molecule has 0 heterocycles. The van der Waals surface area contributed by atoms with Crippen molar-refractivity contribution in [2.24, 2.45) is 0 Å². The summed E-state index contributed by atoms with van der Waals surface area (Å²) in [7, 11) is 0. The fourth-order valence-corrected chi connectivity index (χ4v) is 5.03. The van der Waals surface area contributed by atoms with Gasteiger partial charge in [-0.25, -0.2) is 4.39 Å². The summed E-state index contributed by atoms with van der Waals surface area (Å²) in [5.74, 6) is -0.154. The molecule has 0 radical (unpaired) electrons. The third-order valence-corrected chi connectivity index (χ3v) is 6.25. The van der Waals surface area contributed by atoms with Gasteiger partial charge < -0.3 is 10.1 Å². The Labute approximate surface area is 213 Å². The molecular weight excluding hydrogens is 633 g/mol. The van der Waals surface area contributed by atoms with E-state index in [2.05, 4.69) is 57.4 Å². The van der Waals surface area contributed by atoms with E-state index in [1.165, 1.54) is 11.6 Å². The molecule has 0 fully saturated rings. The van der Waals surface area contributed by atoms with Crippen molar-refractivity contribution in [3.8, 4) is 11.8 Å². The van der Waals surface area contributed by atoms with Crippen LogP contribution in [-0.4, -0.2) is 5.91 Å². The molecule has 3 aromatic rings. The largest absolute Gasteiger partial charge is 0.487 e. The van der Waals surface area contributed by atoms with Crippen LogP contribution in [0.25, 0.3) is 6.08 Å². The molecular formula is C25H19FI2N2O2. The summed E-state index contributed by atoms with van der Waals surface area (Å²) >= 11 is 4.26. The molecule has 162 valence electrons. The molecule has 0 aliphatic rings. The predicted molar refractivity (Wildman–Crippen MR) is 141 cm³/mol. The van der Waals surface area contributed by atoms with E-state index in [-0.39, 0.29) is 18.0 Å². The number of ether oxygens (including phenoxy) is 1. The number of nitrogens with zero attached hydrogens (tertiary/aromatic N) is 1. The molecule has 1 amide bonds. The number of benzene rings is 3. The molecule has 0 saturated heterocycles. The van der Waals surface area contributed by atoms with Gasteiger partial charge in [0.1, 0.15) is 29.8 Å². The molecule has 0 atom stereocenters. The Bertz CT molecular complexity index is 1180. The molecule has 1 N–H and O–H groups in total. The van der Waals surface area contributed by atoms with Crippen LogP contribution in [0.4, 0.5) is 10.1 Å². The summed E-state index contributed by atoms with van der Waals surface area (Å²) in [5.41, 5.74) is 2.97.